The SMILES string of the molecule is COc1cc(C)nc(CN2CCCNC(C(C)C)C2)c1. The lowest BCUT2D eigenvalue weighted by Crippen LogP contribution is -2.41. The molecule has 0 amide bonds. The molecule has 1 fully saturated rings. The number of rotatable bonds is 4. The van der Waals surface area contributed by atoms with E-state index in [0.29, 0.717) is 12.0 Å². The number of nitrogens with zero attached hydrogens (tertiary/aromatic N) is 2. The molecule has 0 bridgehead atoms. The van der Waals surface area contributed by atoms with Crippen molar-refractivity contribution in [1.82, 2.24) is 15.2 Å². The summed E-state index contributed by atoms with van der Waals surface area (Å²) in [7, 11) is 1.71. The smallest absolute Gasteiger partial charge is 0.122 e. The van der Waals surface area contributed by atoms with Crippen molar-refractivity contribution >= 4 is 0 Å². The number of nitrogens with one attached hydrogen (secondary N) is 1. The van der Waals surface area contributed by atoms with E-state index in [-0.39, 0.29) is 0 Å². The molecule has 20 heavy (non-hydrogen) atoms. The van der Waals surface area contributed by atoms with Gasteiger partial charge in [0.2, 0.25) is 0 Å². The standard InChI is InChI=1S/C16H27N3O/c1-12(2)16-11-19(7-5-6-17-16)10-14-9-15(20-4)8-13(3)18-14/h8-9,12,16-17H,5-7,10-11H2,1-4H3. The molecule has 4 nitrogen and oxygen atoms in total. The second-order valence-corrected chi connectivity index (χ2v) is 6.03. The van der Waals surface area contributed by atoms with Crippen LogP contribution in [0.3, 0.4) is 0 Å². The Labute approximate surface area is 122 Å². The first-order valence-electron chi connectivity index (χ1n) is 7.56. The topological polar surface area (TPSA) is 37.4 Å². The molecule has 0 radical (unpaired) electrons. The van der Waals surface area contributed by atoms with Crippen molar-refractivity contribution in [3.05, 3.63) is 23.5 Å². The fraction of sp³-hybridized carbons (Fsp3) is 0.688. The fourth-order valence-corrected chi connectivity index (χ4v) is 2.75. The minimum absolute atomic E-state index is 0.573. The number of aromatic nitrogens is 1. The summed E-state index contributed by atoms with van der Waals surface area (Å²) in [5, 5.41) is 3.64. The number of ether oxygens (including phenoxy) is 1. The molecular weight excluding hydrogens is 250 g/mol. The predicted octanol–water partition coefficient (Wildman–Crippen LogP) is 2.22. The lowest BCUT2D eigenvalue weighted by atomic mass is 10.0. The van der Waals surface area contributed by atoms with E-state index in [0.717, 1.165) is 43.3 Å². The summed E-state index contributed by atoms with van der Waals surface area (Å²) in [6.45, 7) is 10.8. The van der Waals surface area contributed by atoms with Crippen LogP contribution in [0.5, 0.6) is 5.75 Å². The van der Waals surface area contributed by atoms with E-state index in [2.05, 4.69) is 35.1 Å². The molecule has 2 heterocycles. The Hall–Kier alpha value is -1.13. The molecule has 2 rings (SSSR count). The molecule has 112 valence electrons. The molecule has 1 N–H and O–H groups in total. The fourth-order valence-electron chi connectivity index (χ4n) is 2.75. The zero-order valence-electron chi connectivity index (χ0n) is 13.1. The largest absolute Gasteiger partial charge is 0.497 e. The Bertz CT molecular complexity index is 434. The summed E-state index contributed by atoms with van der Waals surface area (Å²) >= 11 is 0. The molecule has 0 saturated carbocycles. The number of methoxy groups -OCH3 is 1. The number of hydrogen-bond donors (Lipinski definition) is 1. The molecular formula is C16H27N3O. The van der Waals surface area contributed by atoms with E-state index in [9.17, 15) is 0 Å². The summed E-state index contributed by atoms with van der Waals surface area (Å²) in [4.78, 5) is 7.14. The lowest BCUT2D eigenvalue weighted by Gasteiger charge is -2.26. The van der Waals surface area contributed by atoms with Gasteiger partial charge in [0.15, 0.2) is 0 Å². The summed E-state index contributed by atoms with van der Waals surface area (Å²) in [5.41, 5.74) is 2.12. The van der Waals surface area contributed by atoms with Gasteiger partial charge < -0.3 is 10.1 Å². The monoisotopic (exact) mass is 277 g/mol. The van der Waals surface area contributed by atoms with E-state index in [1.807, 2.05) is 13.0 Å². The third-order valence-electron chi connectivity index (χ3n) is 3.92. The predicted molar refractivity (Wildman–Crippen MR) is 82.0 cm³/mol. The molecule has 0 spiro atoms. The molecule has 0 aromatic carbocycles. The van der Waals surface area contributed by atoms with Crippen molar-refractivity contribution in [2.45, 2.75) is 39.8 Å². The van der Waals surface area contributed by atoms with Gasteiger partial charge in [-0.2, -0.15) is 0 Å². The molecule has 4 heteroatoms. The van der Waals surface area contributed by atoms with Gasteiger partial charge in [0.05, 0.1) is 12.8 Å². The van der Waals surface area contributed by atoms with Crippen LogP contribution in [-0.4, -0.2) is 42.7 Å². The Balaban J connectivity index is 2.05. The molecule has 1 aliphatic rings. The third-order valence-corrected chi connectivity index (χ3v) is 3.92. The number of hydrogen-bond acceptors (Lipinski definition) is 4. The van der Waals surface area contributed by atoms with E-state index in [1.165, 1.54) is 6.42 Å². The van der Waals surface area contributed by atoms with E-state index in [4.69, 9.17) is 4.74 Å². The van der Waals surface area contributed by atoms with Crippen molar-refractivity contribution in [1.29, 1.82) is 0 Å². The molecule has 1 aromatic rings. The van der Waals surface area contributed by atoms with Crippen LogP contribution in [-0.2, 0) is 6.54 Å². The van der Waals surface area contributed by atoms with Gasteiger partial charge in [-0.25, -0.2) is 0 Å². The second kappa shape index (κ2) is 7.04. The Morgan fingerprint density at radius 3 is 2.95 bits per heavy atom. The van der Waals surface area contributed by atoms with Crippen LogP contribution in [0.15, 0.2) is 12.1 Å². The quantitative estimate of drug-likeness (QED) is 0.915. The lowest BCUT2D eigenvalue weighted by molar-refractivity contribution is 0.235. The highest BCUT2D eigenvalue weighted by atomic mass is 16.5. The van der Waals surface area contributed by atoms with Crippen LogP contribution < -0.4 is 10.1 Å². The second-order valence-electron chi connectivity index (χ2n) is 6.03. The van der Waals surface area contributed by atoms with Crippen LogP contribution in [0.2, 0.25) is 0 Å². The van der Waals surface area contributed by atoms with Gasteiger partial charge in [0.25, 0.3) is 0 Å². The van der Waals surface area contributed by atoms with Gasteiger partial charge in [0.1, 0.15) is 5.75 Å². The molecule has 1 saturated heterocycles. The highest BCUT2D eigenvalue weighted by Crippen LogP contribution is 2.16. The van der Waals surface area contributed by atoms with Crippen LogP contribution in [0, 0.1) is 12.8 Å². The minimum atomic E-state index is 0.573. The Morgan fingerprint density at radius 2 is 2.25 bits per heavy atom. The van der Waals surface area contributed by atoms with Crippen LogP contribution >= 0.6 is 0 Å². The van der Waals surface area contributed by atoms with Gasteiger partial charge in [-0.05, 0) is 32.4 Å². The normalized spacial score (nSPS) is 20.9. The maximum atomic E-state index is 5.34. The minimum Gasteiger partial charge on any atom is -0.497 e. The maximum absolute atomic E-state index is 5.34. The van der Waals surface area contributed by atoms with E-state index < -0.39 is 0 Å². The van der Waals surface area contributed by atoms with E-state index in [1.54, 1.807) is 7.11 Å². The third kappa shape index (κ3) is 4.18. The Morgan fingerprint density at radius 1 is 1.45 bits per heavy atom. The van der Waals surface area contributed by atoms with E-state index >= 15 is 0 Å². The summed E-state index contributed by atoms with van der Waals surface area (Å²) in [6, 6.07) is 4.60. The molecule has 1 aliphatic heterocycles. The molecule has 1 atom stereocenters. The van der Waals surface area contributed by atoms with Gasteiger partial charge in [0, 0.05) is 37.0 Å². The highest BCUT2D eigenvalue weighted by molar-refractivity contribution is 5.26. The van der Waals surface area contributed by atoms with Crippen LogP contribution in [0.25, 0.3) is 0 Å². The first-order valence-corrected chi connectivity index (χ1v) is 7.56. The average molecular weight is 277 g/mol. The highest BCUT2D eigenvalue weighted by Gasteiger charge is 2.20. The number of aryl methyl sites for hydroxylation is 1. The molecule has 0 aliphatic carbocycles. The van der Waals surface area contributed by atoms with Crippen molar-refractivity contribution in [2.24, 2.45) is 5.92 Å². The van der Waals surface area contributed by atoms with Crippen molar-refractivity contribution in [2.75, 3.05) is 26.7 Å². The average Bonchev–Trinajstić information content (AvgIpc) is 2.63. The van der Waals surface area contributed by atoms with Crippen molar-refractivity contribution in [3.8, 4) is 5.75 Å². The van der Waals surface area contributed by atoms with Crippen LogP contribution in [0.1, 0.15) is 31.7 Å². The van der Waals surface area contributed by atoms with Crippen molar-refractivity contribution < 1.29 is 4.74 Å². The molecule has 1 aromatic heterocycles. The Kier molecular flexibility index (Phi) is 5.38. The number of pyridine rings is 1. The van der Waals surface area contributed by atoms with Gasteiger partial charge in [-0.15, -0.1) is 0 Å². The van der Waals surface area contributed by atoms with Crippen LogP contribution in [0.4, 0.5) is 0 Å². The summed E-state index contributed by atoms with van der Waals surface area (Å²) in [5.74, 6) is 1.57. The van der Waals surface area contributed by atoms with Crippen molar-refractivity contribution in [3.63, 3.8) is 0 Å². The first kappa shape index (κ1) is 15.3. The summed E-state index contributed by atoms with van der Waals surface area (Å²) < 4.78 is 5.34. The summed E-state index contributed by atoms with van der Waals surface area (Å²) in [6.07, 6.45) is 1.20. The molecule has 1 unspecified atom stereocenters. The van der Waals surface area contributed by atoms with Gasteiger partial charge in [-0.1, -0.05) is 13.8 Å². The van der Waals surface area contributed by atoms with Gasteiger partial charge >= 0.3 is 0 Å². The zero-order chi connectivity index (χ0) is 14.5. The van der Waals surface area contributed by atoms with Gasteiger partial charge in [-0.3, -0.25) is 9.88 Å². The first-order chi connectivity index (χ1) is 9.58. The maximum Gasteiger partial charge on any atom is 0.122 e. The zero-order valence-corrected chi connectivity index (χ0v) is 13.1.